The van der Waals surface area contributed by atoms with Crippen LogP contribution in [-0.4, -0.2) is 74.4 Å². The molecule has 0 rings (SSSR count). The Bertz CT molecular complexity index is 995. The van der Waals surface area contributed by atoms with Crippen LogP contribution < -0.4 is 11.1 Å². The number of phosphoric ester groups is 3. The van der Waals surface area contributed by atoms with Crippen molar-refractivity contribution in [2.45, 2.75) is 103 Å². The zero-order valence-electron chi connectivity index (χ0n) is 26.1. The van der Waals surface area contributed by atoms with Crippen molar-refractivity contribution in [1.82, 2.24) is 11.1 Å². The van der Waals surface area contributed by atoms with Gasteiger partial charge in [-0.2, -0.15) is 11.1 Å². The van der Waals surface area contributed by atoms with E-state index in [1.54, 1.807) is 32.4 Å². The predicted octanol–water partition coefficient (Wildman–Crippen LogP) is 4.77. The summed E-state index contributed by atoms with van der Waals surface area (Å²) in [5.74, 6) is -1.38. The van der Waals surface area contributed by atoms with Crippen LogP contribution in [0.15, 0.2) is 12.2 Å². The first-order valence-corrected chi connectivity index (χ1v) is 18.8. The second-order valence-electron chi connectivity index (χ2n) is 11.1. The zero-order valence-corrected chi connectivity index (χ0v) is 28.8. The van der Waals surface area contributed by atoms with Gasteiger partial charge in [0.2, 0.25) is 0 Å². The highest BCUT2D eigenvalue weighted by molar-refractivity contribution is 7.47. The van der Waals surface area contributed by atoms with Gasteiger partial charge in [-0.15, -0.1) is 8.96 Å². The van der Waals surface area contributed by atoms with Gasteiger partial charge in [0.25, 0.3) is 0 Å². The maximum Gasteiger partial charge on any atom is 0.473 e. The van der Waals surface area contributed by atoms with Gasteiger partial charge in [-0.05, 0) is 65.7 Å². The van der Waals surface area contributed by atoms with E-state index in [-0.39, 0.29) is 38.5 Å². The molecule has 7 N–H and O–H groups in total. The van der Waals surface area contributed by atoms with Crippen LogP contribution in [-0.2, 0) is 36.3 Å². The third kappa shape index (κ3) is 18.8. The first kappa shape index (κ1) is 43.8. The monoisotopic (exact) mass is 706 g/mol. The van der Waals surface area contributed by atoms with E-state index in [4.69, 9.17) is 27.9 Å². The summed E-state index contributed by atoms with van der Waals surface area (Å²) >= 11 is 0. The van der Waals surface area contributed by atoms with Gasteiger partial charge in [-0.3, -0.25) is 22.6 Å². The number of phosphoric acid groups is 3. The standard InChI is InChI=1S/C24H51F2N2O13P3/c1-7-10-24(9-3,15-21(13-19(4)27-25)17-38-42(30,31)32)41-43(33,34)37-12-11-23(6,8-2)40-44(35,36)39-18-22(16-29)14-20(5)28-26/h7,10,19-22,27-29H,8-9,11-18H2,1-6H3,(H,33,34)(H,35,36)(H2,30,31,32)/b10-7-. The predicted molar refractivity (Wildman–Crippen MR) is 158 cm³/mol. The van der Waals surface area contributed by atoms with Crippen LogP contribution in [0.5, 0.6) is 0 Å². The number of allylic oxidation sites excluding steroid dienone is 1. The highest BCUT2D eigenvalue weighted by Crippen LogP contribution is 2.53. The van der Waals surface area contributed by atoms with Crippen LogP contribution in [0.1, 0.15) is 80.1 Å². The Morgan fingerprint density at radius 1 is 0.841 bits per heavy atom. The van der Waals surface area contributed by atoms with E-state index >= 15 is 0 Å². The van der Waals surface area contributed by atoms with Crippen LogP contribution in [0.25, 0.3) is 0 Å². The van der Waals surface area contributed by atoms with Crippen molar-refractivity contribution in [1.29, 1.82) is 0 Å². The molecule has 0 radical (unpaired) electrons. The van der Waals surface area contributed by atoms with Crippen LogP contribution in [0, 0.1) is 11.8 Å². The molecule has 0 aliphatic rings. The highest BCUT2D eigenvalue weighted by atomic mass is 31.2. The van der Waals surface area contributed by atoms with Gasteiger partial charge in [0.05, 0.1) is 31.0 Å². The normalized spacial score (nSPS) is 21.1. The lowest BCUT2D eigenvalue weighted by molar-refractivity contribution is -0.00294. The molecule has 44 heavy (non-hydrogen) atoms. The van der Waals surface area contributed by atoms with E-state index in [1.165, 1.54) is 32.4 Å². The fourth-order valence-electron chi connectivity index (χ4n) is 4.38. The minimum Gasteiger partial charge on any atom is -0.396 e. The minimum absolute atomic E-state index is 0.0377. The summed E-state index contributed by atoms with van der Waals surface area (Å²) in [5, 5.41) is 9.45. The average Bonchev–Trinajstić information content (AvgIpc) is 2.92. The van der Waals surface area contributed by atoms with Crippen molar-refractivity contribution in [3.05, 3.63) is 12.2 Å². The summed E-state index contributed by atoms with van der Waals surface area (Å²) in [6.45, 7) is 7.63. The molecule has 0 aliphatic heterocycles. The van der Waals surface area contributed by atoms with Crippen molar-refractivity contribution in [3.63, 3.8) is 0 Å². The molecule has 0 aromatic carbocycles. The van der Waals surface area contributed by atoms with Crippen molar-refractivity contribution in [3.8, 4) is 0 Å². The third-order valence-electron chi connectivity index (χ3n) is 6.93. The van der Waals surface area contributed by atoms with Gasteiger partial charge in [0, 0.05) is 31.0 Å². The lowest BCUT2D eigenvalue weighted by Crippen LogP contribution is -2.35. The number of aliphatic hydroxyl groups is 1. The molecule has 0 bridgehead atoms. The topological polar surface area (TPSA) is 223 Å². The molecule has 0 spiro atoms. The largest absolute Gasteiger partial charge is 0.473 e. The summed E-state index contributed by atoms with van der Waals surface area (Å²) < 4.78 is 88.2. The molecule has 264 valence electrons. The third-order valence-corrected chi connectivity index (χ3v) is 9.66. The van der Waals surface area contributed by atoms with Crippen LogP contribution in [0.4, 0.5) is 8.96 Å². The summed E-state index contributed by atoms with van der Waals surface area (Å²) in [7, 11) is -14.4. The fourth-order valence-corrected chi connectivity index (χ4v) is 7.11. The molecule has 0 aromatic rings. The van der Waals surface area contributed by atoms with Gasteiger partial charge in [-0.1, -0.05) is 26.0 Å². The van der Waals surface area contributed by atoms with Crippen molar-refractivity contribution >= 4 is 23.5 Å². The molecular weight excluding hydrogens is 655 g/mol. The lowest BCUT2D eigenvalue weighted by atomic mass is 9.85. The minimum atomic E-state index is -4.86. The van der Waals surface area contributed by atoms with Gasteiger partial charge < -0.3 is 24.7 Å². The molecule has 20 heteroatoms. The van der Waals surface area contributed by atoms with E-state index in [9.17, 15) is 37.6 Å². The van der Waals surface area contributed by atoms with Gasteiger partial charge >= 0.3 is 23.5 Å². The molecule has 0 aliphatic carbocycles. The molecule has 0 saturated heterocycles. The highest BCUT2D eigenvalue weighted by Gasteiger charge is 2.40. The van der Waals surface area contributed by atoms with Gasteiger partial charge in [0.15, 0.2) is 0 Å². The van der Waals surface area contributed by atoms with E-state index in [1.807, 2.05) is 0 Å². The smallest absolute Gasteiger partial charge is 0.396 e. The number of aliphatic hydroxyl groups excluding tert-OH is 1. The average molecular weight is 707 g/mol. The number of nitrogens with one attached hydrogen (secondary N) is 2. The summed E-state index contributed by atoms with van der Waals surface area (Å²) in [4.78, 5) is 39.1. The Kier molecular flexibility index (Phi) is 20.2. The molecule has 0 heterocycles. The SMILES string of the molecule is C/C=C\C(CC)(CC(COP(=O)(O)O)CC(C)NF)OP(=O)(O)OCCC(C)(CC)OP(=O)(O)OCC(CO)CC(C)NF. The summed E-state index contributed by atoms with van der Waals surface area (Å²) in [6.07, 6.45) is 3.22. The van der Waals surface area contributed by atoms with Crippen molar-refractivity contribution in [2.75, 3.05) is 26.4 Å². The molecule has 0 amide bonds. The lowest BCUT2D eigenvalue weighted by Gasteiger charge is -2.35. The number of hydrogen-bond acceptors (Lipinski definition) is 11. The quantitative estimate of drug-likeness (QED) is 0.0366. The van der Waals surface area contributed by atoms with Crippen molar-refractivity contribution < 1.29 is 70.0 Å². The molecule has 15 nitrogen and oxygen atoms in total. The van der Waals surface area contributed by atoms with E-state index < -0.39 is 85.0 Å². The molecule has 0 fully saturated rings. The Hall–Kier alpha value is -0.190. The van der Waals surface area contributed by atoms with Crippen LogP contribution in [0.2, 0.25) is 0 Å². The number of rotatable bonds is 26. The number of halogens is 2. The first-order valence-electron chi connectivity index (χ1n) is 14.3. The second kappa shape index (κ2) is 20.2. The zero-order chi connectivity index (χ0) is 34.2. The van der Waals surface area contributed by atoms with Crippen LogP contribution in [0.3, 0.4) is 0 Å². The summed E-state index contributed by atoms with van der Waals surface area (Å²) in [5.41, 5.74) is 0.217. The molecule has 0 saturated carbocycles. The van der Waals surface area contributed by atoms with Crippen LogP contribution >= 0.6 is 23.5 Å². The van der Waals surface area contributed by atoms with E-state index in [0.717, 1.165) is 0 Å². The fraction of sp³-hybridized carbons (Fsp3) is 0.917. The Morgan fingerprint density at radius 2 is 1.36 bits per heavy atom. The van der Waals surface area contributed by atoms with E-state index in [2.05, 4.69) is 4.52 Å². The Morgan fingerprint density at radius 3 is 1.82 bits per heavy atom. The molecule has 0 aromatic heterocycles. The maximum atomic E-state index is 13.0. The van der Waals surface area contributed by atoms with E-state index in [0.29, 0.717) is 0 Å². The number of hydrogen-bond donors (Lipinski definition) is 7. The maximum absolute atomic E-state index is 13.0. The second-order valence-corrected chi connectivity index (χ2v) is 15.1. The molecular formula is C24H51F2N2O13P3. The first-order chi connectivity index (χ1) is 20.2. The Balaban J connectivity index is 5.54. The van der Waals surface area contributed by atoms with Gasteiger partial charge in [0.1, 0.15) is 0 Å². The Labute approximate surface area is 258 Å². The van der Waals surface area contributed by atoms with Crippen molar-refractivity contribution in [2.24, 2.45) is 11.8 Å². The molecule has 8 atom stereocenters. The van der Waals surface area contributed by atoms with Gasteiger partial charge in [-0.25, -0.2) is 13.7 Å². The summed E-state index contributed by atoms with van der Waals surface area (Å²) in [6, 6.07) is -1.36. The molecule has 8 unspecified atom stereocenters.